The summed E-state index contributed by atoms with van der Waals surface area (Å²) < 4.78 is 21.1. The molecule has 0 unspecified atom stereocenters. The zero-order valence-electron chi connectivity index (χ0n) is 14.5. The molecule has 0 N–H and O–H groups in total. The Hall–Kier alpha value is -1.62. The first-order chi connectivity index (χ1) is 11.1. The molecule has 0 saturated heterocycles. The molecular weight excluding hydrogens is 292 g/mol. The van der Waals surface area contributed by atoms with Crippen LogP contribution in [0.15, 0.2) is 37.1 Å². The molecule has 0 atom stereocenters. The molecule has 0 aliphatic heterocycles. The lowest BCUT2D eigenvalue weighted by atomic mass is 10.0. The van der Waals surface area contributed by atoms with E-state index in [9.17, 15) is 0 Å². The van der Waals surface area contributed by atoms with Crippen molar-refractivity contribution in [1.82, 2.24) is 0 Å². The minimum Gasteiger partial charge on any atom is -0.498 e. The summed E-state index contributed by atoms with van der Waals surface area (Å²) in [5.41, 5.74) is 4.45. The van der Waals surface area contributed by atoms with Gasteiger partial charge in [0.15, 0.2) is 0 Å². The van der Waals surface area contributed by atoms with Crippen LogP contribution in [0.25, 0.3) is 11.1 Å². The van der Waals surface area contributed by atoms with Crippen molar-refractivity contribution < 1.29 is 18.9 Å². The minimum atomic E-state index is 0.527. The molecule has 0 bridgehead atoms. The van der Waals surface area contributed by atoms with Crippen LogP contribution in [0.5, 0.6) is 0 Å². The van der Waals surface area contributed by atoms with E-state index in [4.69, 9.17) is 18.9 Å². The second kappa shape index (κ2) is 11.9. The van der Waals surface area contributed by atoms with E-state index in [1.165, 1.54) is 0 Å². The SMILES string of the molecule is C=C(C)c1ccc(/C(C)=C/OCCOCCOCCOC)cc1. The van der Waals surface area contributed by atoms with Gasteiger partial charge in [0.05, 0.1) is 39.3 Å². The van der Waals surface area contributed by atoms with Gasteiger partial charge in [0.1, 0.15) is 6.61 Å². The molecule has 0 radical (unpaired) electrons. The van der Waals surface area contributed by atoms with Crippen molar-refractivity contribution in [3.05, 3.63) is 48.2 Å². The highest BCUT2D eigenvalue weighted by atomic mass is 16.5. The number of hydrogen-bond donors (Lipinski definition) is 0. The zero-order valence-corrected chi connectivity index (χ0v) is 14.5. The van der Waals surface area contributed by atoms with Crippen molar-refractivity contribution in [3.8, 4) is 0 Å². The normalized spacial score (nSPS) is 11.5. The van der Waals surface area contributed by atoms with Crippen LogP contribution < -0.4 is 0 Å². The van der Waals surface area contributed by atoms with Crippen LogP contribution in [-0.4, -0.2) is 46.8 Å². The van der Waals surface area contributed by atoms with Crippen LogP contribution in [0.3, 0.4) is 0 Å². The van der Waals surface area contributed by atoms with Crippen LogP contribution in [0.1, 0.15) is 25.0 Å². The standard InChI is InChI=1S/C19H28O4/c1-16(2)18-5-7-19(8-6-18)17(3)15-23-14-13-22-12-11-21-10-9-20-4/h5-8,15H,1,9-14H2,2-4H3/b17-15+. The average molecular weight is 320 g/mol. The van der Waals surface area contributed by atoms with Crippen LogP contribution in [-0.2, 0) is 18.9 Å². The second-order valence-corrected chi connectivity index (χ2v) is 5.25. The molecule has 1 aromatic carbocycles. The summed E-state index contributed by atoms with van der Waals surface area (Å²) in [5.74, 6) is 0. The van der Waals surface area contributed by atoms with Gasteiger partial charge in [-0.3, -0.25) is 0 Å². The molecule has 0 amide bonds. The Morgan fingerprint density at radius 1 is 0.870 bits per heavy atom. The highest BCUT2D eigenvalue weighted by Crippen LogP contribution is 2.17. The van der Waals surface area contributed by atoms with Crippen LogP contribution in [0.2, 0.25) is 0 Å². The maximum atomic E-state index is 5.51. The molecule has 0 aliphatic rings. The van der Waals surface area contributed by atoms with Gasteiger partial charge in [-0.05, 0) is 30.5 Å². The molecule has 0 aliphatic carbocycles. The Kier molecular flexibility index (Phi) is 10.0. The molecule has 0 fully saturated rings. The van der Waals surface area contributed by atoms with E-state index in [2.05, 4.69) is 30.8 Å². The lowest BCUT2D eigenvalue weighted by Gasteiger charge is -2.07. The van der Waals surface area contributed by atoms with Crippen molar-refractivity contribution in [2.45, 2.75) is 13.8 Å². The number of rotatable bonds is 12. The van der Waals surface area contributed by atoms with Gasteiger partial charge in [0, 0.05) is 7.11 Å². The third-order valence-corrected chi connectivity index (χ3v) is 3.24. The topological polar surface area (TPSA) is 36.9 Å². The zero-order chi connectivity index (χ0) is 16.9. The number of allylic oxidation sites excluding steroid dienone is 2. The Bertz CT molecular complexity index is 477. The molecule has 128 valence electrons. The first-order valence-electron chi connectivity index (χ1n) is 7.84. The highest BCUT2D eigenvalue weighted by molar-refractivity contribution is 5.67. The third kappa shape index (κ3) is 8.55. The molecule has 1 rings (SSSR count). The van der Waals surface area contributed by atoms with Gasteiger partial charge < -0.3 is 18.9 Å². The van der Waals surface area contributed by atoms with E-state index in [0.717, 1.165) is 22.3 Å². The van der Waals surface area contributed by atoms with Crippen molar-refractivity contribution >= 4 is 11.1 Å². The first kappa shape index (κ1) is 19.4. The second-order valence-electron chi connectivity index (χ2n) is 5.25. The van der Waals surface area contributed by atoms with E-state index in [1.54, 1.807) is 13.4 Å². The number of benzene rings is 1. The quantitative estimate of drug-likeness (QED) is 0.434. The van der Waals surface area contributed by atoms with E-state index in [1.807, 2.05) is 13.8 Å². The number of methoxy groups -OCH3 is 1. The monoisotopic (exact) mass is 320 g/mol. The predicted molar refractivity (Wildman–Crippen MR) is 94.3 cm³/mol. The summed E-state index contributed by atoms with van der Waals surface area (Å²) in [6, 6.07) is 8.30. The number of ether oxygens (including phenoxy) is 4. The molecule has 0 aromatic heterocycles. The Labute approximate surface area is 139 Å². The van der Waals surface area contributed by atoms with E-state index < -0.39 is 0 Å². The molecule has 4 heteroatoms. The smallest absolute Gasteiger partial charge is 0.111 e. The fourth-order valence-corrected chi connectivity index (χ4v) is 1.84. The van der Waals surface area contributed by atoms with Crippen molar-refractivity contribution in [2.24, 2.45) is 0 Å². The van der Waals surface area contributed by atoms with E-state index >= 15 is 0 Å². The maximum absolute atomic E-state index is 5.51. The maximum Gasteiger partial charge on any atom is 0.111 e. The summed E-state index contributed by atoms with van der Waals surface area (Å²) in [6.07, 6.45) is 1.77. The number of hydrogen-bond acceptors (Lipinski definition) is 4. The van der Waals surface area contributed by atoms with Gasteiger partial charge in [-0.25, -0.2) is 0 Å². The largest absolute Gasteiger partial charge is 0.498 e. The van der Waals surface area contributed by atoms with Gasteiger partial charge in [-0.1, -0.05) is 36.4 Å². The lowest BCUT2D eigenvalue weighted by molar-refractivity contribution is 0.0144. The molecular formula is C19H28O4. The molecule has 23 heavy (non-hydrogen) atoms. The van der Waals surface area contributed by atoms with Gasteiger partial charge in [0.25, 0.3) is 0 Å². The fraction of sp³-hybridized carbons (Fsp3) is 0.474. The fourth-order valence-electron chi connectivity index (χ4n) is 1.84. The van der Waals surface area contributed by atoms with Crippen molar-refractivity contribution in [1.29, 1.82) is 0 Å². The lowest BCUT2D eigenvalue weighted by Crippen LogP contribution is -2.10. The molecule has 1 aromatic rings. The third-order valence-electron chi connectivity index (χ3n) is 3.24. The molecule has 0 saturated carbocycles. The Morgan fingerprint density at radius 2 is 1.39 bits per heavy atom. The summed E-state index contributed by atoms with van der Waals surface area (Å²) in [7, 11) is 1.65. The van der Waals surface area contributed by atoms with Crippen molar-refractivity contribution in [2.75, 3.05) is 46.8 Å². The summed E-state index contributed by atoms with van der Waals surface area (Å²) in [4.78, 5) is 0. The molecule has 0 spiro atoms. The summed E-state index contributed by atoms with van der Waals surface area (Å²) in [5, 5.41) is 0. The van der Waals surface area contributed by atoms with E-state index in [0.29, 0.717) is 39.6 Å². The Morgan fingerprint density at radius 3 is 1.96 bits per heavy atom. The molecule has 4 nitrogen and oxygen atoms in total. The van der Waals surface area contributed by atoms with Gasteiger partial charge in [-0.15, -0.1) is 0 Å². The Balaban J connectivity index is 2.15. The van der Waals surface area contributed by atoms with Crippen LogP contribution in [0.4, 0.5) is 0 Å². The predicted octanol–water partition coefficient (Wildman–Crippen LogP) is 3.78. The molecule has 0 heterocycles. The van der Waals surface area contributed by atoms with Gasteiger partial charge in [0.2, 0.25) is 0 Å². The minimum absolute atomic E-state index is 0.527. The van der Waals surface area contributed by atoms with Gasteiger partial charge >= 0.3 is 0 Å². The highest BCUT2D eigenvalue weighted by Gasteiger charge is 1.98. The van der Waals surface area contributed by atoms with Crippen LogP contribution in [0, 0.1) is 0 Å². The summed E-state index contributed by atoms with van der Waals surface area (Å²) in [6.45, 7) is 11.4. The first-order valence-corrected chi connectivity index (χ1v) is 7.84. The average Bonchev–Trinajstić information content (AvgIpc) is 2.56. The van der Waals surface area contributed by atoms with Crippen LogP contribution >= 0.6 is 0 Å². The summed E-state index contributed by atoms with van der Waals surface area (Å²) >= 11 is 0. The van der Waals surface area contributed by atoms with Gasteiger partial charge in [-0.2, -0.15) is 0 Å². The van der Waals surface area contributed by atoms with Crippen molar-refractivity contribution in [3.63, 3.8) is 0 Å². The van der Waals surface area contributed by atoms with E-state index in [-0.39, 0.29) is 0 Å².